The molecule has 2 aliphatic carbocycles. The first kappa shape index (κ1) is 32.1. The number of nitrogens with one attached hydrogen (secondary N) is 1. The van der Waals surface area contributed by atoms with Gasteiger partial charge in [0.25, 0.3) is 5.91 Å². The highest BCUT2D eigenvalue weighted by atomic mass is 35.5. The number of allylic oxidation sites excluding steroid dienone is 1. The Hall–Kier alpha value is -3.47. The van der Waals surface area contributed by atoms with E-state index < -0.39 is 26.8 Å². The predicted octanol–water partition coefficient (Wildman–Crippen LogP) is 5.56. The van der Waals surface area contributed by atoms with Crippen LogP contribution in [0.4, 0.5) is 5.69 Å². The van der Waals surface area contributed by atoms with Crippen molar-refractivity contribution in [1.29, 1.82) is 0 Å². The van der Waals surface area contributed by atoms with Gasteiger partial charge in [-0.15, -0.1) is 0 Å². The van der Waals surface area contributed by atoms with Crippen molar-refractivity contribution in [1.82, 2.24) is 14.7 Å². The van der Waals surface area contributed by atoms with Crippen LogP contribution in [0.25, 0.3) is 0 Å². The van der Waals surface area contributed by atoms with Crippen molar-refractivity contribution in [3.8, 4) is 5.75 Å². The van der Waals surface area contributed by atoms with Gasteiger partial charge in [-0.3, -0.25) is 14.8 Å². The lowest BCUT2D eigenvalue weighted by Gasteiger charge is -2.48. The number of ether oxygens (including phenoxy) is 1. The van der Waals surface area contributed by atoms with Crippen LogP contribution in [0.5, 0.6) is 5.75 Å². The maximum Gasteiger partial charge on any atom is 0.264 e. The van der Waals surface area contributed by atoms with Gasteiger partial charge < -0.3 is 14.7 Å². The third-order valence-corrected chi connectivity index (χ3v) is 13.3. The molecule has 1 saturated carbocycles. The lowest BCUT2D eigenvalue weighted by atomic mass is 9.63. The van der Waals surface area contributed by atoms with Crippen molar-refractivity contribution < 1.29 is 23.1 Å². The molecule has 1 spiro atoms. The van der Waals surface area contributed by atoms with Crippen LogP contribution in [0.3, 0.4) is 0 Å². The van der Waals surface area contributed by atoms with Gasteiger partial charge in [0.15, 0.2) is 0 Å². The summed E-state index contributed by atoms with van der Waals surface area (Å²) in [7, 11) is -4.00. The van der Waals surface area contributed by atoms with Gasteiger partial charge in [-0.2, -0.15) is 0 Å². The number of hydrogen-bond donors (Lipinski definition) is 2. The first-order valence-electron chi connectivity index (χ1n) is 16.5. The Bertz CT molecular complexity index is 1820. The average Bonchev–Trinajstić information content (AvgIpc) is 3.19. The molecule has 6 atom stereocenters. The number of aryl methyl sites for hydroxylation is 1. The summed E-state index contributed by atoms with van der Waals surface area (Å²) in [6.45, 7) is 5.14. The van der Waals surface area contributed by atoms with E-state index in [1.165, 1.54) is 11.1 Å². The Morgan fingerprint density at radius 3 is 2.74 bits per heavy atom. The molecule has 0 unspecified atom stereocenters. The molecule has 4 aliphatic rings. The Morgan fingerprint density at radius 2 is 1.98 bits per heavy atom. The molecule has 7 rings (SSSR count). The van der Waals surface area contributed by atoms with E-state index in [-0.39, 0.29) is 28.7 Å². The second-order valence-corrected chi connectivity index (χ2v) is 16.4. The number of halogens is 1. The largest absolute Gasteiger partial charge is 0.490 e. The highest BCUT2D eigenvalue weighted by Crippen LogP contribution is 2.50. The van der Waals surface area contributed by atoms with Crippen molar-refractivity contribution >= 4 is 33.2 Å². The zero-order valence-electron chi connectivity index (χ0n) is 26.7. The van der Waals surface area contributed by atoms with Crippen molar-refractivity contribution in [2.45, 2.75) is 68.6 Å². The number of nitrogens with zero attached hydrogens (tertiary/aromatic N) is 3. The van der Waals surface area contributed by atoms with E-state index in [1.807, 2.05) is 19.1 Å². The number of sulfonamides is 1. The Morgan fingerprint density at radius 1 is 1.13 bits per heavy atom. The standard InChI is InChI=1S/C36H41ClN4O5S/c1-23-5-3-14-36(43,33-19-38-15-16-39-33)30-10-7-27(30)20-41-21-35(13-4-6-25-17-28(37)9-11-29(25)35)22-46-32-12-8-26(18-31(32)41)34(42)40-47(44,45)24(23)2/h3,8-9,11-12,14-19,23-24,27,30,43H,4-7,10,13,20-22H2,1-2H3,(H,40,42)/b14-3-/t23-,24+,27-,30+,35-,36-/m0/s1. The normalized spacial score (nSPS) is 32.5. The average molecular weight is 677 g/mol. The van der Waals surface area contributed by atoms with Gasteiger partial charge in [0.05, 0.1) is 29.4 Å². The number of carbonyl (C=O) groups excluding carboxylic acids is 1. The molecule has 1 aromatic heterocycles. The molecule has 2 aliphatic heterocycles. The van der Waals surface area contributed by atoms with Crippen LogP contribution in [-0.2, 0) is 27.5 Å². The lowest BCUT2D eigenvalue weighted by molar-refractivity contribution is -0.0532. The van der Waals surface area contributed by atoms with E-state index in [0.717, 1.165) is 37.8 Å². The lowest BCUT2D eigenvalue weighted by Crippen LogP contribution is -2.51. The number of fused-ring (bicyclic) bond motifs is 4. The molecule has 0 radical (unpaired) electrons. The SMILES string of the molecule is C[C@@H]1[C@@H](C)C/C=C\[C@@](O)(c2cnccn2)[C@@H]2CC[C@H]2CN2C[C@@]3(CCCc4cc(Cl)ccc43)COc3ccc(cc32)C(=O)NS1(=O)=O. The molecule has 47 heavy (non-hydrogen) atoms. The molecule has 9 nitrogen and oxygen atoms in total. The molecule has 2 bridgehead atoms. The molecule has 3 aromatic rings. The van der Waals surface area contributed by atoms with Crippen LogP contribution in [0, 0.1) is 17.8 Å². The number of hydrogen-bond acceptors (Lipinski definition) is 8. The van der Waals surface area contributed by atoms with Gasteiger partial charge in [0.2, 0.25) is 10.0 Å². The van der Waals surface area contributed by atoms with E-state index in [9.17, 15) is 18.3 Å². The van der Waals surface area contributed by atoms with Crippen LogP contribution in [0.1, 0.15) is 73.1 Å². The van der Waals surface area contributed by atoms with E-state index in [4.69, 9.17) is 16.3 Å². The Labute approximate surface area is 281 Å². The number of aliphatic hydroxyl groups is 1. The number of benzene rings is 2. The van der Waals surface area contributed by atoms with E-state index in [1.54, 1.807) is 49.8 Å². The number of amides is 1. The second kappa shape index (κ2) is 12.2. The van der Waals surface area contributed by atoms with E-state index >= 15 is 0 Å². The topological polar surface area (TPSA) is 122 Å². The third-order valence-electron chi connectivity index (χ3n) is 11.1. The maximum atomic E-state index is 13.5. The summed E-state index contributed by atoms with van der Waals surface area (Å²) in [4.78, 5) is 24.6. The minimum absolute atomic E-state index is 0.102. The van der Waals surface area contributed by atoms with Crippen molar-refractivity contribution in [3.63, 3.8) is 0 Å². The van der Waals surface area contributed by atoms with Gasteiger partial charge in [-0.25, -0.2) is 13.1 Å². The highest BCUT2D eigenvalue weighted by Gasteiger charge is 2.49. The molecule has 11 heteroatoms. The predicted molar refractivity (Wildman–Crippen MR) is 181 cm³/mol. The quantitative estimate of drug-likeness (QED) is 0.322. The van der Waals surface area contributed by atoms with Crippen LogP contribution < -0.4 is 14.4 Å². The summed E-state index contributed by atoms with van der Waals surface area (Å²) in [6.07, 6.45) is 13.4. The van der Waals surface area contributed by atoms with Gasteiger partial charge in [0.1, 0.15) is 11.4 Å². The van der Waals surface area contributed by atoms with Gasteiger partial charge >= 0.3 is 0 Å². The molecule has 3 heterocycles. The molecule has 1 amide bonds. The van der Waals surface area contributed by atoms with Crippen molar-refractivity contribution in [2.24, 2.45) is 17.8 Å². The summed E-state index contributed by atoms with van der Waals surface area (Å²) < 4.78 is 35.7. The first-order chi connectivity index (χ1) is 22.5. The second-order valence-electron chi connectivity index (χ2n) is 13.9. The van der Waals surface area contributed by atoms with Crippen molar-refractivity contribution in [3.05, 3.63) is 94.5 Å². The number of carbonyl (C=O) groups is 1. The molecule has 2 aromatic carbocycles. The smallest absolute Gasteiger partial charge is 0.264 e. The fraction of sp³-hybridized carbons (Fsp3) is 0.472. The fourth-order valence-corrected chi connectivity index (χ4v) is 9.53. The fourth-order valence-electron chi connectivity index (χ4n) is 8.05. The van der Waals surface area contributed by atoms with E-state index in [2.05, 4.69) is 31.7 Å². The zero-order chi connectivity index (χ0) is 33.0. The number of rotatable bonds is 1. The van der Waals surface area contributed by atoms with Gasteiger partial charge in [0, 0.05) is 47.4 Å². The van der Waals surface area contributed by atoms with Crippen LogP contribution in [-0.4, -0.2) is 54.3 Å². The first-order valence-corrected chi connectivity index (χ1v) is 18.4. The van der Waals surface area contributed by atoms with E-state index in [0.29, 0.717) is 42.6 Å². The van der Waals surface area contributed by atoms with Crippen LogP contribution >= 0.6 is 11.6 Å². The summed E-state index contributed by atoms with van der Waals surface area (Å²) in [5.74, 6) is -0.388. The number of aromatic nitrogens is 2. The summed E-state index contributed by atoms with van der Waals surface area (Å²) in [5.41, 5.74) is 2.21. The molecular formula is C36H41ClN4O5S. The van der Waals surface area contributed by atoms with Crippen LogP contribution in [0.2, 0.25) is 5.02 Å². The minimum Gasteiger partial charge on any atom is -0.490 e. The Balaban J connectivity index is 1.35. The van der Waals surface area contributed by atoms with Crippen LogP contribution in [0.15, 0.2) is 67.1 Å². The Kier molecular flexibility index (Phi) is 8.33. The number of anilines is 1. The molecule has 0 saturated heterocycles. The summed E-state index contributed by atoms with van der Waals surface area (Å²) in [6, 6.07) is 11.3. The summed E-state index contributed by atoms with van der Waals surface area (Å²) >= 11 is 6.43. The molecule has 1 fully saturated rings. The molecule has 2 N–H and O–H groups in total. The van der Waals surface area contributed by atoms with Gasteiger partial charge in [-0.05, 0) is 98.7 Å². The highest BCUT2D eigenvalue weighted by molar-refractivity contribution is 7.90. The monoisotopic (exact) mass is 676 g/mol. The molecular weight excluding hydrogens is 636 g/mol. The maximum absolute atomic E-state index is 13.5. The molecule has 248 valence electrons. The van der Waals surface area contributed by atoms with Crippen molar-refractivity contribution in [2.75, 3.05) is 24.6 Å². The minimum atomic E-state index is -4.00. The van der Waals surface area contributed by atoms with Gasteiger partial charge in [-0.1, -0.05) is 36.7 Å². The third kappa shape index (κ3) is 5.82. The summed E-state index contributed by atoms with van der Waals surface area (Å²) in [5, 5.41) is 12.3. The zero-order valence-corrected chi connectivity index (χ0v) is 28.3.